The SMILES string of the molecule is CCOc1ncccc1-c1cnc(C)c(C)n1. The highest BCUT2D eigenvalue weighted by atomic mass is 16.5. The number of nitrogens with zero attached hydrogens (tertiary/aromatic N) is 3. The van der Waals surface area contributed by atoms with Crippen LogP contribution in [0.4, 0.5) is 0 Å². The number of pyridine rings is 1. The molecule has 0 spiro atoms. The van der Waals surface area contributed by atoms with Gasteiger partial charge in [-0.25, -0.2) is 9.97 Å². The van der Waals surface area contributed by atoms with Gasteiger partial charge in [0.15, 0.2) is 0 Å². The Morgan fingerprint density at radius 3 is 2.71 bits per heavy atom. The fourth-order valence-electron chi connectivity index (χ4n) is 1.51. The molecule has 0 N–H and O–H groups in total. The first kappa shape index (κ1) is 11.5. The fraction of sp³-hybridized carbons (Fsp3) is 0.308. The van der Waals surface area contributed by atoms with Crippen molar-refractivity contribution in [3.63, 3.8) is 0 Å². The molecule has 0 bridgehead atoms. The van der Waals surface area contributed by atoms with Crippen LogP contribution in [0.1, 0.15) is 18.3 Å². The zero-order valence-corrected chi connectivity index (χ0v) is 10.3. The third kappa shape index (κ3) is 2.41. The Bertz CT molecular complexity index is 526. The standard InChI is InChI=1S/C13H15N3O/c1-4-17-13-11(6-5-7-14-13)12-8-15-9(2)10(3)16-12/h5-8H,4H2,1-3H3. The van der Waals surface area contributed by atoms with Crippen LogP contribution in [0.3, 0.4) is 0 Å². The van der Waals surface area contributed by atoms with Gasteiger partial charge < -0.3 is 4.74 Å². The summed E-state index contributed by atoms with van der Waals surface area (Å²) in [5.74, 6) is 0.604. The number of aromatic nitrogens is 3. The summed E-state index contributed by atoms with van der Waals surface area (Å²) >= 11 is 0. The van der Waals surface area contributed by atoms with Gasteiger partial charge in [-0.15, -0.1) is 0 Å². The first-order valence-electron chi connectivity index (χ1n) is 5.60. The van der Waals surface area contributed by atoms with Crippen LogP contribution < -0.4 is 4.74 Å². The van der Waals surface area contributed by atoms with Crippen LogP contribution in [-0.4, -0.2) is 21.6 Å². The minimum absolute atomic E-state index is 0.586. The van der Waals surface area contributed by atoms with Crippen LogP contribution >= 0.6 is 0 Å². The van der Waals surface area contributed by atoms with Crippen molar-refractivity contribution in [1.82, 2.24) is 15.0 Å². The maximum atomic E-state index is 5.48. The summed E-state index contributed by atoms with van der Waals surface area (Å²) in [6, 6.07) is 3.81. The lowest BCUT2D eigenvalue weighted by Gasteiger charge is -2.08. The van der Waals surface area contributed by atoms with Crippen molar-refractivity contribution >= 4 is 0 Å². The predicted molar refractivity (Wildman–Crippen MR) is 65.9 cm³/mol. The molecule has 0 saturated heterocycles. The summed E-state index contributed by atoms with van der Waals surface area (Å²) < 4.78 is 5.48. The lowest BCUT2D eigenvalue weighted by atomic mass is 10.2. The highest BCUT2D eigenvalue weighted by Gasteiger charge is 2.09. The largest absolute Gasteiger partial charge is 0.477 e. The molecule has 0 fully saturated rings. The maximum Gasteiger partial charge on any atom is 0.222 e. The minimum atomic E-state index is 0.586. The second-order valence-electron chi connectivity index (χ2n) is 3.72. The van der Waals surface area contributed by atoms with Gasteiger partial charge in [-0.1, -0.05) is 0 Å². The molecule has 2 rings (SSSR count). The lowest BCUT2D eigenvalue weighted by Crippen LogP contribution is -1.99. The summed E-state index contributed by atoms with van der Waals surface area (Å²) in [5.41, 5.74) is 3.54. The molecule has 0 amide bonds. The van der Waals surface area contributed by atoms with Crippen molar-refractivity contribution in [1.29, 1.82) is 0 Å². The molecular formula is C13H15N3O. The maximum absolute atomic E-state index is 5.48. The summed E-state index contributed by atoms with van der Waals surface area (Å²) in [6.45, 7) is 6.41. The van der Waals surface area contributed by atoms with Crippen molar-refractivity contribution in [2.24, 2.45) is 0 Å². The van der Waals surface area contributed by atoms with Gasteiger partial charge >= 0.3 is 0 Å². The van der Waals surface area contributed by atoms with Gasteiger partial charge in [-0.05, 0) is 32.9 Å². The summed E-state index contributed by atoms with van der Waals surface area (Å²) in [6.07, 6.45) is 3.46. The van der Waals surface area contributed by atoms with Crippen LogP contribution in [0.15, 0.2) is 24.5 Å². The molecule has 0 aromatic carbocycles. The average Bonchev–Trinajstić information content (AvgIpc) is 2.34. The van der Waals surface area contributed by atoms with Crippen molar-refractivity contribution in [3.8, 4) is 17.1 Å². The first-order chi connectivity index (χ1) is 8.22. The topological polar surface area (TPSA) is 47.9 Å². The highest BCUT2D eigenvalue weighted by molar-refractivity contribution is 5.64. The molecule has 2 aromatic rings. The van der Waals surface area contributed by atoms with Gasteiger partial charge in [0.2, 0.25) is 5.88 Å². The number of ether oxygens (including phenoxy) is 1. The number of hydrogen-bond donors (Lipinski definition) is 0. The molecule has 0 radical (unpaired) electrons. The second kappa shape index (κ2) is 4.91. The van der Waals surface area contributed by atoms with Crippen molar-refractivity contribution in [3.05, 3.63) is 35.9 Å². The number of aryl methyl sites for hydroxylation is 2. The van der Waals surface area contributed by atoms with Gasteiger partial charge in [-0.3, -0.25) is 4.98 Å². The molecule has 0 aliphatic carbocycles. The van der Waals surface area contributed by atoms with E-state index in [-0.39, 0.29) is 0 Å². The molecule has 0 atom stereocenters. The quantitative estimate of drug-likeness (QED) is 0.811. The van der Waals surface area contributed by atoms with Crippen molar-refractivity contribution in [2.45, 2.75) is 20.8 Å². The van der Waals surface area contributed by atoms with Crippen LogP contribution in [0.2, 0.25) is 0 Å². The molecule has 0 aliphatic heterocycles. The normalized spacial score (nSPS) is 10.3. The molecule has 88 valence electrons. The van der Waals surface area contributed by atoms with E-state index in [9.17, 15) is 0 Å². The number of hydrogen-bond acceptors (Lipinski definition) is 4. The molecule has 2 heterocycles. The van der Waals surface area contributed by atoms with E-state index in [0.717, 1.165) is 22.6 Å². The number of rotatable bonds is 3. The van der Waals surface area contributed by atoms with Gasteiger partial charge in [0.05, 0.1) is 35.4 Å². The van der Waals surface area contributed by atoms with E-state index in [1.807, 2.05) is 32.9 Å². The fourth-order valence-corrected chi connectivity index (χ4v) is 1.51. The summed E-state index contributed by atoms with van der Waals surface area (Å²) in [5, 5.41) is 0. The van der Waals surface area contributed by atoms with Crippen molar-refractivity contribution < 1.29 is 4.74 Å². The Balaban J connectivity index is 2.48. The van der Waals surface area contributed by atoms with Gasteiger partial charge in [0, 0.05) is 6.20 Å². The molecule has 4 heteroatoms. The van der Waals surface area contributed by atoms with Gasteiger partial charge in [-0.2, -0.15) is 0 Å². The van der Waals surface area contributed by atoms with Crippen LogP contribution in [0.5, 0.6) is 5.88 Å². The third-order valence-corrected chi connectivity index (χ3v) is 2.52. The van der Waals surface area contributed by atoms with Crippen molar-refractivity contribution in [2.75, 3.05) is 6.61 Å². The average molecular weight is 229 g/mol. The van der Waals surface area contributed by atoms with E-state index in [1.165, 1.54) is 0 Å². The Morgan fingerprint density at radius 1 is 1.18 bits per heavy atom. The van der Waals surface area contributed by atoms with E-state index in [1.54, 1.807) is 12.4 Å². The van der Waals surface area contributed by atoms with E-state index >= 15 is 0 Å². The first-order valence-corrected chi connectivity index (χ1v) is 5.60. The van der Waals surface area contributed by atoms with E-state index in [4.69, 9.17) is 4.74 Å². The smallest absolute Gasteiger partial charge is 0.222 e. The molecule has 2 aromatic heterocycles. The monoisotopic (exact) mass is 229 g/mol. The lowest BCUT2D eigenvalue weighted by molar-refractivity contribution is 0.328. The molecule has 0 aliphatic rings. The van der Waals surface area contributed by atoms with Crippen LogP contribution in [0, 0.1) is 13.8 Å². The molecule has 0 saturated carbocycles. The Morgan fingerprint density at radius 2 is 2.00 bits per heavy atom. The Hall–Kier alpha value is -1.97. The molecule has 17 heavy (non-hydrogen) atoms. The third-order valence-electron chi connectivity index (χ3n) is 2.52. The Kier molecular flexibility index (Phi) is 3.32. The van der Waals surface area contributed by atoms with Gasteiger partial charge in [0.1, 0.15) is 0 Å². The molecule has 0 unspecified atom stereocenters. The molecule has 4 nitrogen and oxygen atoms in total. The summed E-state index contributed by atoms with van der Waals surface area (Å²) in [7, 11) is 0. The van der Waals surface area contributed by atoms with E-state index in [0.29, 0.717) is 12.5 Å². The van der Waals surface area contributed by atoms with E-state index < -0.39 is 0 Å². The van der Waals surface area contributed by atoms with Crippen LogP contribution in [-0.2, 0) is 0 Å². The second-order valence-corrected chi connectivity index (χ2v) is 3.72. The van der Waals surface area contributed by atoms with Crippen LogP contribution in [0.25, 0.3) is 11.3 Å². The zero-order chi connectivity index (χ0) is 12.3. The summed E-state index contributed by atoms with van der Waals surface area (Å²) in [4.78, 5) is 13.0. The molecular weight excluding hydrogens is 214 g/mol. The van der Waals surface area contributed by atoms with E-state index in [2.05, 4.69) is 15.0 Å². The predicted octanol–water partition coefficient (Wildman–Crippen LogP) is 2.55. The highest BCUT2D eigenvalue weighted by Crippen LogP contribution is 2.25. The Labute approximate surface area is 101 Å². The zero-order valence-electron chi connectivity index (χ0n) is 10.3. The van der Waals surface area contributed by atoms with Gasteiger partial charge in [0.25, 0.3) is 0 Å². The minimum Gasteiger partial charge on any atom is -0.477 e.